The second-order valence-electron chi connectivity index (χ2n) is 2.86. The smallest absolute Gasteiger partial charge is 0.251 e. The standard InChI is InChI=1S/C9H5FN4O/c10-6-2-1-3-7-8(6)5(4-12-7)9(15)13-14-11/h1-4,12H. The van der Waals surface area contributed by atoms with E-state index in [1.165, 1.54) is 18.3 Å². The fourth-order valence-corrected chi connectivity index (χ4v) is 1.40. The number of aromatic amines is 1. The van der Waals surface area contributed by atoms with Gasteiger partial charge in [-0.2, -0.15) is 0 Å². The highest BCUT2D eigenvalue weighted by Crippen LogP contribution is 2.21. The van der Waals surface area contributed by atoms with Gasteiger partial charge in [0.25, 0.3) is 5.91 Å². The first kappa shape index (κ1) is 9.23. The Morgan fingerprint density at radius 3 is 3.07 bits per heavy atom. The first-order valence-corrected chi connectivity index (χ1v) is 4.09. The molecule has 2 rings (SSSR count). The number of carbonyl (C=O) groups is 1. The highest BCUT2D eigenvalue weighted by Gasteiger charge is 2.13. The van der Waals surface area contributed by atoms with Crippen LogP contribution < -0.4 is 0 Å². The average Bonchev–Trinajstić information content (AvgIpc) is 2.63. The number of benzene rings is 1. The van der Waals surface area contributed by atoms with Crippen molar-refractivity contribution in [1.82, 2.24) is 4.98 Å². The van der Waals surface area contributed by atoms with E-state index in [1.54, 1.807) is 6.07 Å². The third kappa shape index (κ3) is 1.43. The van der Waals surface area contributed by atoms with Crippen LogP contribution in [0, 0.1) is 5.82 Å². The fourth-order valence-electron chi connectivity index (χ4n) is 1.40. The van der Waals surface area contributed by atoms with Crippen molar-refractivity contribution in [2.45, 2.75) is 0 Å². The second-order valence-corrected chi connectivity index (χ2v) is 2.86. The minimum atomic E-state index is -0.797. The molecule has 2 aromatic rings. The SMILES string of the molecule is [N-]=[N+]=NC(=O)c1c[nH]c2cccc(F)c12. The Bertz CT molecular complexity index is 583. The minimum absolute atomic E-state index is 0.0425. The topological polar surface area (TPSA) is 81.6 Å². The van der Waals surface area contributed by atoms with Gasteiger partial charge in [0.05, 0.1) is 5.56 Å². The first-order chi connectivity index (χ1) is 7.24. The Morgan fingerprint density at radius 1 is 1.53 bits per heavy atom. The maximum Gasteiger partial charge on any atom is 0.251 e. The number of nitrogens with zero attached hydrogens (tertiary/aromatic N) is 3. The van der Waals surface area contributed by atoms with Crippen LogP contribution in [0.4, 0.5) is 4.39 Å². The first-order valence-electron chi connectivity index (χ1n) is 4.09. The summed E-state index contributed by atoms with van der Waals surface area (Å²) in [7, 11) is 0. The van der Waals surface area contributed by atoms with Gasteiger partial charge < -0.3 is 4.98 Å². The molecule has 5 nitrogen and oxygen atoms in total. The third-order valence-electron chi connectivity index (χ3n) is 2.02. The third-order valence-corrected chi connectivity index (χ3v) is 2.02. The fraction of sp³-hybridized carbons (Fsp3) is 0. The molecule has 0 aliphatic rings. The van der Waals surface area contributed by atoms with Gasteiger partial charge in [-0.3, -0.25) is 4.79 Å². The van der Waals surface area contributed by atoms with Crippen LogP contribution >= 0.6 is 0 Å². The number of H-pyrrole nitrogens is 1. The number of aromatic nitrogens is 1. The van der Waals surface area contributed by atoms with Crippen molar-refractivity contribution in [3.63, 3.8) is 0 Å². The molecule has 1 amide bonds. The maximum atomic E-state index is 13.4. The summed E-state index contributed by atoms with van der Waals surface area (Å²) >= 11 is 0. The summed E-state index contributed by atoms with van der Waals surface area (Å²) in [5, 5.41) is 3.06. The van der Waals surface area contributed by atoms with E-state index in [0.29, 0.717) is 5.52 Å². The molecule has 0 saturated heterocycles. The highest BCUT2D eigenvalue weighted by atomic mass is 19.1. The van der Waals surface area contributed by atoms with Crippen molar-refractivity contribution in [2.75, 3.05) is 0 Å². The van der Waals surface area contributed by atoms with Crippen LogP contribution in [0.1, 0.15) is 10.4 Å². The van der Waals surface area contributed by atoms with Crippen LogP contribution in [-0.2, 0) is 0 Å². The zero-order valence-corrected chi connectivity index (χ0v) is 7.44. The number of halogens is 1. The number of carbonyl (C=O) groups excluding carboxylic acids is 1. The predicted molar refractivity (Wildman–Crippen MR) is 51.7 cm³/mol. The average molecular weight is 204 g/mol. The Labute approximate surface area is 83.1 Å². The number of azide groups is 1. The molecular formula is C9H5FN4O. The number of fused-ring (bicyclic) bond motifs is 1. The zero-order valence-electron chi connectivity index (χ0n) is 7.44. The maximum absolute atomic E-state index is 13.4. The summed E-state index contributed by atoms with van der Waals surface area (Å²) in [4.78, 5) is 16.4. The molecule has 15 heavy (non-hydrogen) atoms. The molecular weight excluding hydrogens is 199 g/mol. The van der Waals surface area contributed by atoms with Gasteiger partial charge in [0.2, 0.25) is 0 Å². The van der Waals surface area contributed by atoms with E-state index >= 15 is 0 Å². The van der Waals surface area contributed by atoms with Gasteiger partial charge in [-0.05, 0) is 22.8 Å². The van der Waals surface area contributed by atoms with Crippen molar-refractivity contribution < 1.29 is 9.18 Å². The van der Waals surface area contributed by atoms with Crippen LogP contribution in [0.3, 0.4) is 0 Å². The van der Waals surface area contributed by atoms with E-state index in [2.05, 4.69) is 15.0 Å². The number of hydrogen-bond acceptors (Lipinski definition) is 1. The molecule has 0 aliphatic carbocycles. The summed E-state index contributed by atoms with van der Waals surface area (Å²) in [5.41, 5.74) is 8.65. The predicted octanol–water partition coefficient (Wildman–Crippen LogP) is 2.76. The lowest BCUT2D eigenvalue weighted by Crippen LogP contribution is -1.92. The van der Waals surface area contributed by atoms with E-state index < -0.39 is 11.7 Å². The lowest BCUT2D eigenvalue weighted by molar-refractivity contribution is 0.100. The number of hydrogen-bond donors (Lipinski definition) is 1. The van der Waals surface area contributed by atoms with E-state index in [9.17, 15) is 9.18 Å². The molecule has 1 aromatic heterocycles. The van der Waals surface area contributed by atoms with Gasteiger partial charge in [-0.25, -0.2) is 4.39 Å². The van der Waals surface area contributed by atoms with Crippen molar-refractivity contribution >= 4 is 16.8 Å². The summed E-state index contributed by atoms with van der Waals surface area (Å²) < 4.78 is 13.4. The largest absolute Gasteiger partial charge is 0.360 e. The van der Waals surface area contributed by atoms with E-state index in [0.717, 1.165) is 0 Å². The monoisotopic (exact) mass is 204 g/mol. The quantitative estimate of drug-likeness (QED) is 0.432. The summed E-state index contributed by atoms with van der Waals surface area (Å²) in [6.07, 6.45) is 1.32. The van der Waals surface area contributed by atoms with Crippen LogP contribution in [0.2, 0.25) is 0 Å². The molecule has 0 unspecified atom stereocenters. The molecule has 0 radical (unpaired) electrons. The molecule has 0 fully saturated rings. The van der Waals surface area contributed by atoms with Crippen molar-refractivity contribution in [2.24, 2.45) is 5.11 Å². The highest BCUT2D eigenvalue weighted by molar-refractivity contribution is 6.07. The van der Waals surface area contributed by atoms with E-state index in [1.807, 2.05) is 0 Å². The number of amides is 1. The Balaban J connectivity index is 2.72. The van der Waals surface area contributed by atoms with Crippen LogP contribution in [0.25, 0.3) is 21.3 Å². The molecule has 1 heterocycles. The van der Waals surface area contributed by atoms with Gasteiger partial charge in [-0.1, -0.05) is 6.07 Å². The molecule has 0 bridgehead atoms. The molecule has 0 atom stereocenters. The summed E-state index contributed by atoms with van der Waals surface area (Å²) in [6.45, 7) is 0. The van der Waals surface area contributed by atoms with Gasteiger partial charge in [-0.15, -0.1) is 0 Å². The number of rotatable bonds is 1. The molecule has 1 aromatic carbocycles. The molecule has 74 valence electrons. The molecule has 0 saturated carbocycles. The normalized spacial score (nSPS) is 9.93. The molecule has 0 spiro atoms. The van der Waals surface area contributed by atoms with Crippen LogP contribution in [-0.4, -0.2) is 10.9 Å². The summed E-state index contributed by atoms with van der Waals surface area (Å²) in [5.74, 6) is -1.32. The lowest BCUT2D eigenvalue weighted by atomic mass is 10.1. The van der Waals surface area contributed by atoms with Crippen LogP contribution in [0.5, 0.6) is 0 Å². The zero-order chi connectivity index (χ0) is 10.8. The minimum Gasteiger partial charge on any atom is -0.360 e. The Hall–Kier alpha value is -2.33. The molecule has 6 heteroatoms. The van der Waals surface area contributed by atoms with Crippen molar-refractivity contribution in [3.8, 4) is 0 Å². The van der Waals surface area contributed by atoms with E-state index in [4.69, 9.17) is 5.53 Å². The molecule has 1 N–H and O–H groups in total. The Morgan fingerprint density at radius 2 is 2.33 bits per heavy atom. The van der Waals surface area contributed by atoms with Crippen molar-refractivity contribution in [3.05, 3.63) is 46.2 Å². The van der Waals surface area contributed by atoms with Gasteiger partial charge in [0, 0.05) is 22.0 Å². The Kier molecular flexibility index (Phi) is 2.11. The van der Waals surface area contributed by atoms with Gasteiger partial charge in [0.1, 0.15) is 5.82 Å². The second kappa shape index (κ2) is 3.43. The molecule has 0 aliphatic heterocycles. The van der Waals surface area contributed by atoms with Gasteiger partial charge >= 0.3 is 0 Å². The number of nitrogens with one attached hydrogen (secondary N) is 1. The van der Waals surface area contributed by atoms with E-state index in [-0.39, 0.29) is 10.9 Å². The van der Waals surface area contributed by atoms with Gasteiger partial charge in [0.15, 0.2) is 0 Å². The van der Waals surface area contributed by atoms with Crippen molar-refractivity contribution in [1.29, 1.82) is 0 Å². The summed E-state index contributed by atoms with van der Waals surface area (Å²) in [6, 6.07) is 4.39. The lowest BCUT2D eigenvalue weighted by Gasteiger charge is -1.94. The van der Waals surface area contributed by atoms with Crippen LogP contribution in [0.15, 0.2) is 29.5 Å².